The molecule has 0 aromatic rings. The molecule has 0 saturated heterocycles. The van der Waals surface area contributed by atoms with Gasteiger partial charge in [0.05, 0.1) is 0 Å². The first-order chi connectivity index (χ1) is 3.92. The summed E-state index contributed by atoms with van der Waals surface area (Å²) in [5.74, 6) is -1.53. The van der Waals surface area contributed by atoms with E-state index < -0.39 is 26.1 Å². The van der Waals surface area contributed by atoms with Crippen molar-refractivity contribution in [2.24, 2.45) is 0 Å². The van der Waals surface area contributed by atoms with E-state index in [-0.39, 0.29) is 0 Å². The Labute approximate surface area is 51.5 Å². The number of hydrogen-bond donors (Lipinski definition) is 0. The molecule has 0 saturated carbocycles. The molecule has 5 nitrogen and oxygen atoms in total. The largest absolute Gasteiger partial charge is 0.811 e. The van der Waals surface area contributed by atoms with Gasteiger partial charge in [0.2, 0.25) is 0 Å². The van der Waals surface area contributed by atoms with Gasteiger partial charge in [-0.1, -0.05) is 7.60 Å². The van der Waals surface area contributed by atoms with E-state index in [0.29, 0.717) is 0 Å². The topological polar surface area (TPSA) is 103 Å². The highest BCUT2D eigenvalue weighted by molar-refractivity contribution is 7.48. The first-order valence-corrected chi connectivity index (χ1v) is 3.85. The Balaban J connectivity index is 3.53. The van der Waals surface area contributed by atoms with Gasteiger partial charge >= 0.3 is 0 Å². The van der Waals surface area contributed by atoms with Crippen LogP contribution in [-0.2, 0) is 9.36 Å². The smallest absolute Gasteiger partial charge is 0.0418 e. The minimum atomic E-state index is -4.64. The van der Waals surface area contributed by atoms with E-state index in [2.05, 4.69) is 0 Å². The van der Waals surface area contributed by atoms with E-state index >= 15 is 0 Å². The third kappa shape index (κ3) is 7.62. The molecule has 0 aromatic heterocycles. The molecular formula is C3H4O5P-3. The van der Waals surface area contributed by atoms with Crippen molar-refractivity contribution in [3.63, 3.8) is 0 Å². The summed E-state index contributed by atoms with van der Waals surface area (Å²) >= 11 is 0. The maximum absolute atomic E-state index is 9.72. The fourth-order valence-corrected chi connectivity index (χ4v) is 0.685. The second-order valence-corrected chi connectivity index (χ2v) is 3.13. The van der Waals surface area contributed by atoms with Gasteiger partial charge in [0.1, 0.15) is 0 Å². The summed E-state index contributed by atoms with van der Waals surface area (Å²) in [6, 6.07) is 0. The average molecular weight is 151 g/mol. The lowest BCUT2D eigenvalue weighted by Gasteiger charge is -2.29. The molecule has 0 amide bonds. The summed E-state index contributed by atoms with van der Waals surface area (Å²) in [6.45, 7) is 0. The standard InChI is InChI=1S/C3H7O5P/c4-3(5)1-2-9(6,7)8/h1-2H2,(H,4,5)(H2,6,7,8)/p-3. The average Bonchev–Trinajstić information content (AvgIpc) is 1.59. The molecule has 0 unspecified atom stereocenters. The molecule has 0 aliphatic rings. The number of rotatable bonds is 3. The summed E-state index contributed by atoms with van der Waals surface area (Å²) in [6.07, 6.45) is -1.58. The number of hydrogen-bond acceptors (Lipinski definition) is 5. The maximum atomic E-state index is 9.72. The molecule has 0 aliphatic carbocycles. The van der Waals surface area contributed by atoms with Crippen molar-refractivity contribution in [3.8, 4) is 0 Å². The van der Waals surface area contributed by atoms with Crippen molar-refractivity contribution >= 4 is 13.6 Å². The van der Waals surface area contributed by atoms with Gasteiger partial charge < -0.3 is 24.3 Å². The lowest BCUT2D eigenvalue weighted by Crippen LogP contribution is -2.26. The zero-order valence-corrected chi connectivity index (χ0v) is 5.30. The molecule has 0 heterocycles. The second-order valence-electron chi connectivity index (χ2n) is 1.46. The maximum Gasteiger partial charge on any atom is 0.0418 e. The molecule has 0 N–H and O–H groups in total. The Morgan fingerprint density at radius 1 is 1.44 bits per heavy atom. The Hall–Kier alpha value is -0.380. The summed E-state index contributed by atoms with van der Waals surface area (Å²) in [5, 5.41) is 9.54. The molecule has 9 heavy (non-hydrogen) atoms. The summed E-state index contributed by atoms with van der Waals surface area (Å²) < 4.78 is 9.72. The van der Waals surface area contributed by atoms with Gasteiger partial charge in [-0.2, -0.15) is 0 Å². The van der Waals surface area contributed by atoms with Crippen molar-refractivity contribution in [1.29, 1.82) is 0 Å². The Bertz CT molecular complexity index is 146. The van der Waals surface area contributed by atoms with Crippen LogP contribution in [0.1, 0.15) is 6.42 Å². The van der Waals surface area contributed by atoms with Crippen LogP contribution in [0.3, 0.4) is 0 Å². The van der Waals surface area contributed by atoms with Gasteiger partial charge in [-0.15, -0.1) is 0 Å². The van der Waals surface area contributed by atoms with Crippen LogP contribution in [0.4, 0.5) is 0 Å². The van der Waals surface area contributed by atoms with Gasteiger partial charge in [-0.25, -0.2) is 0 Å². The Morgan fingerprint density at radius 2 is 1.89 bits per heavy atom. The highest BCUT2D eigenvalue weighted by Crippen LogP contribution is 2.22. The molecule has 0 radical (unpaired) electrons. The number of carbonyl (C=O) groups excluding carboxylic acids is 1. The van der Waals surface area contributed by atoms with Gasteiger partial charge in [-0.3, -0.25) is 0 Å². The van der Waals surface area contributed by atoms with E-state index in [1.54, 1.807) is 0 Å². The summed E-state index contributed by atoms with van der Waals surface area (Å²) in [4.78, 5) is 29.0. The first kappa shape index (κ1) is 8.62. The monoisotopic (exact) mass is 151 g/mol. The predicted octanol–water partition coefficient (Wildman–Crippen LogP) is -2.96. The van der Waals surface area contributed by atoms with Crippen LogP contribution < -0.4 is 14.9 Å². The SMILES string of the molecule is O=C([O-])CCP(=O)([O-])[O-]. The van der Waals surface area contributed by atoms with Gasteiger partial charge in [0, 0.05) is 5.97 Å². The first-order valence-electron chi connectivity index (χ1n) is 2.13. The molecule has 0 aromatic carbocycles. The van der Waals surface area contributed by atoms with Gasteiger partial charge in [0.15, 0.2) is 0 Å². The molecule has 54 valence electrons. The fourth-order valence-electron chi connectivity index (χ4n) is 0.228. The zero-order valence-electron chi connectivity index (χ0n) is 4.40. The second kappa shape index (κ2) is 2.96. The molecule has 0 fully saturated rings. The van der Waals surface area contributed by atoms with Gasteiger partial charge in [-0.05, 0) is 12.6 Å². The molecule has 6 heteroatoms. The minimum Gasteiger partial charge on any atom is -0.811 e. The Kier molecular flexibility index (Phi) is 2.84. The van der Waals surface area contributed by atoms with E-state index in [1.165, 1.54) is 0 Å². The van der Waals surface area contributed by atoms with Crippen molar-refractivity contribution in [1.82, 2.24) is 0 Å². The molecule has 0 bridgehead atoms. The molecule has 0 rings (SSSR count). The van der Waals surface area contributed by atoms with Crippen LogP contribution in [0.5, 0.6) is 0 Å². The van der Waals surface area contributed by atoms with E-state index in [4.69, 9.17) is 0 Å². The highest BCUT2D eigenvalue weighted by Gasteiger charge is 1.90. The molecule has 0 spiro atoms. The lowest BCUT2D eigenvalue weighted by molar-refractivity contribution is -0.318. The van der Waals surface area contributed by atoms with Crippen LogP contribution in [0.2, 0.25) is 0 Å². The van der Waals surface area contributed by atoms with E-state index in [0.717, 1.165) is 0 Å². The number of carbonyl (C=O) groups is 1. The van der Waals surface area contributed by atoms with Crippen LogP contribution in [0.15, 0.2) is 0 Å². The number of carboxylic acid groups (broad SMARTS) is 1. The van der Waals surface area contributed by atoms with Crippen molar-refractivity contribution in [3.05, 3.63) is 0 Å². The van der Waals surface area contributed by atoms with Crippen LogP contribution in [0.25, 0.3) is 0 Å². The molecule has 0 aliphatic heterocycles. The number of aliphatic carboxylic acids is 1. The van der Waals surface area contributed by atoms with Gasteiger partial charge in [0.25, 0.3) is 0 Å². The zero-order chi connectivity index (χ0) is 7.49. The van der Waals surface area contributed by atoms with Crippen molar-refractivity contribution in [2.75, 3.05) is 6.16 Å². The van der Waals surface area contributed by atoms with E-state index in [9.17, 15) is 24.3 Å². The third-order valence-corrected chi connectivity index (χ3v) is 1.36. The normalized spacial score (nSPS) is 11.3. The van der Waals surface area contributed by atoms with Crippen LogP contribution in [-0.4, -0.2) is 12.1 Å². The number of carboxylic acids is 1. The molecular weight excluding hydrogens is 147 g/mol. The summed E-state index contributed by atoms with van der Waals surface area (Å²) in [7, 11) is -4.64. The van der Waals surface area contributed by atoms with Crippen LogP contribution >= 0.6 is 7.60 Å². The highest BCUT2D eigenvalue weighted by atomic mass is 31.2. The minimum absolute atomic E-state index is 0.718. The van der Waals surface area contributed by atoms with Crippen molar-refractivity contribution < 1.29 is 24.3 Å². The predicted molar refractivity (Wildman–Crippen MR) is 22.1 cm³/mol. The fraction of sp³-hybridized carbons (Fsp3) is 0.667. The third-order valence-electron chi connectivity index (χ3n) is 0.590. The quantitative estimate of drug-likeness (QED) is 0.401. The van der Waals surface area contributed by atoms with Crippen LogP contribution in [0, 0.1) is 0 Å². The summed E-state index contributed by atoms with van der Waals surface area (Å²) in [5.41, 5.74) is 0. The molecule has 0 atom stereocenters. The van der Waals surface area contributed by atoms with Crippen molar-refractivity contribution in [2.45, 2.75) is 6.42 Å². The van der Waals surface area contributed by atoms with E-state index in [1.807, 2.05) is 0 Å². The lowest BCUT2D eigenvalue weighted by atomic mass is 10.5. The Morgan fingerprint density at radius 3 is 2.00 bits per heavy atom.